The smallest absolute Gasteiger partial charge is 0.495 e. The topological polar surface area (TPSA) is 132 Å². The number of benzene rings is 1. The van der Waals surface area contributed by atoms with E-state index in [1.165, 1.54) is 12.3 Å². The van der Waals surface area contributed by atoms with Crippen LogP contribution in [0.4, 0.5) is 14.6 Å². The van der Waals surface area contributed by atoms with Gasteiger partial charge in [0.1, 0.15) is 29.9 Å². The van der Waals surface area contributed by atoms with Gasteiger partial charge in [-0.25, -0.2) is 13.8 Å². The normalized spacial score (nSPS) is 25.2. The molecule has 288 valence electrons. The van der Waals surface area contributed by atoms with Crippen molar-refractivity contribution in [3.8, 4) is 11.8 Å². The summed E-state index contributed by atoms with van der Waals surface area (Å²) < 4.78 is 54.2. The summed E-state index contributed by atoms with van der Waals surface area (Å²) in [6.07, 6.45) is 6.03. The van der Waals surface area contributed by atoms with E-state index in [9.17, 15) is 9.50 Å². The van der Waals surface area contributed by atoms with Crippen molar-refractivity contribution in [1.29, 1.82) is 0 Å². The minimum atomic E-state index is -0.900. The molecule has 54 heavy (non-hydrogen) atoms. The zero-order valence-corrected chi connectivity index (χ0v) is 32.4. The molecule has 4 aromatic rings. The molecule has 0 spiro atoms. The average Bonchev–Trinajstić information content (AvgIpc) is 3.85. The van der Waals surface area contributed by atoms with Gasteiger partial charge in [0.2, 0.25) is 5.89 Å². The molecule has 4 fully saturated rings. The molecule has 0 saturated carbocycles. The number of aryl methyl sites for hydroxylation is 1. The number of alkyl halides is 1. The molecular formula is C37H44BCl2F2N7O5. The lowest BCUT2D eigenvalue weighted by atomic mass is 9.75. The van der Waals surface area contributed by atoms with Crippen LogP contribution in [0.2, 0.25) is 10.2 Å². The Balaban J connectivity index is 0.963. The Morgan fingerprint density at radius 1 is 1.04 bits per heavy atom. The second-order valence-electron chi connectivity index (χ2n) is 16.2. The summed E-state index contributed by atoms with van der Waals surface area (Å²) in [6.45, 7) is 10.6. The van der Waals surface area contributed by atoms with Gasteiger partial charge in [-0.15, -0.1) is 0 Å². The van der Waals surface area contributed by atoms with Crippen molar-refractivity contribution in [2.45, 2.75) is 102 Å². The third-order valence-corrected chi connectivity index (χ3v) is 12.5. The zero-order valence-electron chi connectivity index (χ0n) is 30.9. The number of hydrogen-bond acceptors (Lipinski definition) is 12. The molecule has 3 aromatic heterocycles. The summed E-state index contributed by atoms with van der Waals surface area (Å²) in [6, 6.07) is 3.17. The van der Waals surface area contributed by atoms with Gasteiger partial charge in [-0.2, -0.15) is 15.0 Å². The van der Waals surface area contributed by atoms with Gasteiger partial charge >= 0.3 is 13.1 Å². The molecule has 0 bridgehead atoms. The highest BCUT2D eigenvalue weighted by Gasteiger charge is 2.52. The summed E-state index contributed by atoms with van der Waals surface area (Å²) in [5.74, 6) is 0.994. The predicted molar refractivity (Wildman–Crippen MR) is 200 cm³/mol. The molecule has 4 saturated heterocycles. The molecule has 4 aliphatic rings. The van der Waals surface area contributed by atoms with Gasteiger partial charge in [0.25, 0.3) is 0 Å². The zero-order chi connectivity index (χ0) is 38.0. The minimum absolute atomic E-state index is 0.0273. The van der Waals surface area contributed by atoms with Crippen molar-refractivity contribution in [1.82, 2.24) is 30.0 Å². The van der Waals surface area contributed by atoms with E-state index in [1.807, 2.05) is 27.7 Å². The molecule has 17 heteroatoms. The number of anilines is 1. The first-order valence-corrected chi connectivity index (χ1v) is 19.4. The first kappa shape index (κ1) is 37.6. The second kappa shape index (κ2) is 14.3. The number of aromatic hydroxyl groups is 1. The molecule has 7 heterocycles. The fourth-order valence-corrected chi connectivity index (χ4v) is 8.88. The van der Waals surface area contributed by atoms with Crippen molar-refractivity contribution in [2.24, 2.45) is 5.92 Å². The van der Waals surface area contributed by atoms with Crippen molar-refractivity contribution in [2.75, 3.05) is 37.7 Å². The van der Waals surface area contributed by atoms with Crippen LogP contribution in [0, 0.1) is 11.7 Å². The number of phenolic OH excluding ortho intramolecular Hbond substituents is 1. The fourth-order valence-electron chi connectivity index (χ4n) is 8.43. The number of hydrogen-bond donors (Lipinski definition) is 1. The van der Waals surface area contributed by atoms with Crippen LogP contribution >= 0.6 is 23.2 Å². The fraction of sp³-hybridized carbons (Fsp3) is 0.595. The number of fused-ring (bicyclic) bond motifs is 2. The number of halogens is 4. The summed E-state index contributed by atoms with van der Waals surface area (Å²) in [5, 5.41) is 15.2. The van der Waals surface area contributed by atoms with Crippen LogP contribution < -0.4 is 15.1 Å². The average molecular weight is 787 g/mol. The maximum absolute atomic E-state index is 15.4. The summed E-state index contributed by atoms with van der Waals surface area (Å²) in [7, 11) is -0.699. The Morgan fingerprint density at radius 3 is 2.63 bits per heavy atom. The van der Waals surface area contributed by atoms with E-state index >= 15 is 4.39 Å². The van der Waals surface area contributed by atoms with Crippen LogP contribution in [-0.2, 0) is 28.6 Å². The van der Waals surface area contributed by atoms with Gasteiger partial charge in [-0.1, -0.05) is 28.4 Å². The van der Waals surface area contributed by atoms with Crippen molar-refractivity contribution >= 4 is 52.5 Å². The standard InChI is InChI=1S/C37H44BCl2F2N7O5/c1-35(2)36(3,4)54-38(53-35)26-14-23(50)15-27(39)24(26)8-9-29-44-28(47-52-29)13-21-7-5-11-48(18-21)33-25-17-43-32(40)30(42)31(25)45-34(46-33)51-20-37-10-6-12-49(37)19-22(41)16-37/h14-15,17,21-22,50H,5-13,16,18-20H2,1-4H3/t21?,22-,37+/m1/s1. The molecule has 0 aliphatic carbocycles. The lowest BCUT2D eigenvalue weighted by Gasteiger charge is -2.34. The van der Waals surface area contributed by atoms with E-state index in [2.05, 4.69) is 24.9 Å². The monoisotopic (exact) mass is 785 g/mol. The van der Waals surface area contributed by atoms with E-state index in [0.717, 1.165) is 37.8 Å². The highest BCUT2D eigenvalue weighted by Crippen LogP contribution is 2.41. The molecule has 3 atom stereocenters. The number of ether oxygens (including phenoxy) is 1. The van der Waals surface area contributed by atoms with E-state index in [4.69, 9.17) is 51.7 Å². The Bertz CT molecular complexity index is 2040. The quantitative estimate of drug-likeness (QED) is 0.148. The van der Waals surface area contributed by atoms with Crippen LogP contribution in [0.3, 0.4) is 0 Å². The van der Waals surface area contributed by atoms with Crippen molar-refractivity contribution in [3.63, 3.8) is 0 Å². The number of piperidine rings is 1. The van der Waals surface area contributed by atoms with Crippen LogP contribution in [0.15, 0.2) is 22.9 Å². The minimum Gasteiger partial charge on any atom is -0.508 e. The van der Waals surface area contributed by atoms with E-state index in [-0.39, 0.29) is 35.0 Å². The summed E-state index contributed by atoms with van der Waals surface area (Å²) >= 11 is 12.7. The largest absolute Gasteiger partial charge is 0.508 e. The molecule has 0 amide bonds. The number of aromatic nitrogens is 5. The van der Waals surface area contributed by atoms with Gasteiger partial charge in [0.05, 0.1) is 22.1 Å². The number of phenols is 1. The van der Waals surface area contributed by atoms with Crippen molar-refractivity contribution < 1.29 is 32.5 Å². The highest BCUT2D eigenvalue weighted by atomic mass is 35.5. The first-order valence-electron chi connectivity index (χ1n) is 18.7. The van der Waals surface area contributed by atoms with Crippen molar-refractivity contribution in [3.05, 3.63) is 51.6 Å². The third-order valence-electron chi connectivity index (χ3n) is 11.9. The van der Waals surface area contributed by atoms with Gasteiger partial charge in [-0.05, 0) is 95.4 Å². The van der Waals surface area contributed by atoms with E-state index in [1.54, 1.807) is 6.07 Å². The summed E-state index contributed by atoms with van der Waals surface area (Å²) in [5.41, 5.74) is -0.0549. The Hall–Kier alpha value is -3.37. The van der Waals surface area contributed by atoms with Gasteiger partial charge in [0, 0.05) is 50.1 Å². The van der Waals surface area contributed by atoms with E-state index in [0.29, 0.717) is 78.7 Å². The SMILES string of the molecule is CC1(C)OB(c2cc(O)cc(Cl)c2CCc2nc(CC3CCCN(c4nc(OC[C@@]56CCCN5C[C@H](F)C6)nc5c(F)c(Cl)ncc45)C3)no2)OC1(C)C. The first-order chi connectivity index (χ1) is 25.7. The van der Waals surface area contributed by atoms with E-state index < -0.39 is 35.8 Å². The molecule has 0 radical (unpaired) electrons. The Labute approximate surface area is 323 Å². The predicted octanol–water partition coefficient (Wildman–Crippen LogP) is 6.06. The molecule has 4 aliphatic heterocycles. The van der Waals surface area contributed by atoms with Crippen LogP contribution in [-0.4, -0.2) is 97.9 Å². The number of nitrogens with zero attached hydrogens (tertiary/aromatic N) is 7. The lowest BCUT2D eigenvalue weighted by molar-refractivity contribution is 0.00578. The van der Waals surface area contributed by atoms with Gasteiger partial charge in [0.15, 0.2) is 16.8 Å². The third kappa shape index (κ3) is 7.10. The highest BCUT2D eigenvalue weighted by molar-refractivity contribution is 6.63. The Kier molecular flexibility index (Phi) is 9.94. The molecule has 1 N–H and O–H groups in total. The number of rotatable bonds is 10. The molecule has 8 rings (SSSR count). The second-order valence-corrected chi connectivity index (χ2v) is 16.9. The van der Waals surface area contributed by atoms with Crippen LogP contribution in [0.25, 0.3) is 10.9 Å². The van der Waals surface area contributed by atoms with Gasteiger partial charge in [-0.3, -0.25) is 4.90 Å². The molecule has 1 unspecified atom stereocenters. The summed E-state index contributed by atoms with van der Waals surface area (Å²) in [4.78, 5) is 22.2. The van der Waals surface area contributed by atoms with Gasteiger partial charge < -0.3 is 28.6 Å². The maximum Gasteiger partial charge on any atom is 0.495 e. The lowest BCUT2D eigenvalue weighted by Crippen LogP contribution is -2.43. The van der Waals surface area contributed by atoms with Crippen LogP contribution in [0.1, 0.15) is 77.1 Å². The molecular weight excluding hydrogens is 742 g/mol. The van der Waals surface area contributed by atoms with Crippen LogP contribution in [0.5, 0.6) is 11.8 Å². The number of pyridine rings is 1. The molecule has 12 nitrogen and oxygen atoms in total. The molecule has 1 aromatic carbocycles. The maximum atomic E-state index is 15.4. The Morgan fingerprint density at radius 2 is 1.83 bits per heavy atom.